The van der Waals surface area contributed by atoms with Gasteiger partial charge in [0.1, 0.15) is 18.4 Å². The van der Waals surface area contributed by atoms with Crippen molar-refractivity contribution in [3.63, 3.8) is 0 Å². The average Bonchev–Trinajstić information content (AvgIpc) is 2.83. The third kappa shape index (κ3) is 7.36. The molecule has 1 N–H and O–H groups in total. The minimum atomic E-state index is -1.41. The molecular weight excluding hydrogens is 460 g/mol. The van der Waals surface area contributed by atoms with Crippen LogP contribution >= 0.6 is 0 Å². The monoisotopic (exact) mass is 500 g/mol. The van der Waals surface area contributed by atoms with Gasteiger partial charge in [-0.05, 0) is 62.9 Å². The van der Waals surface area contributed by atoms with Crippen molar-refractivity contribution in [3.05, 3.63) is 65.2 Å². The summed E-state index contributed by atoms with van der Waals surface area (Å²) in [4.78, 5) is 15.7. The number of ether oxygens (including phenoxy) is 1. The fraction of sp³-hybridized carbons (Fsp3) is 0.519. The normalized spacial score (nSPS) is 17.1. The highest BCUT2D eigenvalue weighted by molar-refractivity contribution is 7.80. The van der Waals surface area contributed by atoms with Crippen LogP contribution < -0.4 is 10.1 Å². The second kappa shape index (κ2) is 12.6. The topological polar surface area (TPSA) is 65.1 Å². The smallest absolute Gasteiger partial charge is 0.238 e. The van der Waals surface area contributed by atoms with Crippen molar-refractivity contribution >= 4 is 17.1 Å². The predicted octanol–water partition coefficient (Wildman–Crippen LogP) is 3.37. The van der Waals surface area contributed by atoms with Crippen LogP contribution in [0, 0.1) is 0 Å². The molecule has 0 aliphatic carbocycles. The summed E-state index contributed by atoms with van der Waals surface area (Å²) < 4.78 is 22.5. The molecule has 0 fully saturated rings. The van der Waals surface area contributed by atoms with Gasteiger partial charge in [-0.2, -0.15) is 4.31 Å². The van der Waals surface area contributed by atoms with Gasteiger partial charge in [0.15, 0.2) is 11.2 Å². The van der Waals surface area contributed by atoms with E-state index in [0.29, 0.717) is 38.2 Å². The molecule has 2 aromatic carbocycles. The van der Waals surface area contributed by atoms with Gasteiger partial charge in [0, 0.05) is 45.8 Å². The number of hydrogen-bond donors (Lipinski definition) is 1. The highest BCUT2D eigenvalue weighted by atomic mass is 32.2. The fourth-order valence-corrected chi connectivity index (χ4v) is 5.56. The summed E-state index contributed by atoms with van der Waals surface area (Å²) in [5.74, 6) is 0.687. The van der Waals surface area contributed by atoms with Gasteiger partial charge in [0.25, 0.3) is 0 Å². The fourth-order valence-electron chi connectivity index (χ4n) is 4.50. The van der Waals surface area contributed by atoms with E-state index in [9.17, 15) is 9.00 Å². The van der Waals surface area contributed by atoms with E-state index in [1.807, 2.05) is 48.5 Å². The lowest BCUT2D eigenvalue weighted by Crippen LogP contribution is -2.54. The standard InChI is InChI=1S/C27H40N4O3S/c1-20(2)30(21(3)4)15-14-28-27(32)26-17-24-16-25(34-19-22-10-8-7-9-11-22)13-12-23(24)18-31(26)35(33)29(5)6/h7-13,16,20-21,26H,14-15,17-19H2,1-6H3,(H,28,32). The van der Waals surface area contributed by atoms with Gasteiger partial charge in [-0.15, -0.1) is 0 Å². The van der Waals surface area contributed by atoms with Crippen molar-refractivity contribution in [3.8, 4) is 5.75 Å². The Bertz CT molecular complexity index is 989. The lowest BCUT2D eigenvalue weighted by molar-refractivity contribution is -0.125. The third-order valence-electron chi connectivity index (χ3n) is 6.32. The first-order valence-electron chi connectivity index (χ1n) is 12.3. The Hall–Kier alpha value is -2.26. The van der Waals surface area contributed by atoms with Crippen LogP contribution in [0.3, 0.4) is 0 Å². The van der Waals surface area contributed by atoms with Crippen molar-refractivity contribution in [1.29, 1.82) is 0 Å². The van der Waals surface area contributed by atoms with E-state index < -0.39 is 17.2 Å². The van der Waals surface area contributed by atoms with E-state index in [1.165, 1.54) is 0 Å². The van der Waals surface area contributed by atoms with Crippen molar-refractivity contribution in [2.75, 3.05) is 27.2 Å². The molecule has 1 aliphatic rings. The van der Waals surface area contributed by atoms with E-state index in [0.717, 1.165) is 29.0 Å². The second-order valence-corrected chi connectivity index (χ2v) is 11.4. The molecule has 2 atom stereocenters. The van der Waals surface area contributed by atoms with E-state index in [2.05, 4.69) is 37.9 Å². The molecule has 0 spiro atoms. The largest absolute Gasteiger partial charge is 0.489 e. The molecule has 192 valence electrons. The van der Waals surface area contributed by atoms with Crippen LogP contribution in [0.5, 0.6) is 5.75 Å². The molecule has 35 heavy (non-hydrogen) atoms. The highest BCUT2D eigenvalue weighted by Crippen LogP contribution is 2.29. The summed E-state index contributed by atoms with van der Waals surface area (Å²) in [7, 11) is 3.54. The quantitative estimate of drug-likeness (QED) is 0.514. The Morgan fingerprint density at radius 3 is 2.40 bits per heavy atom. The summed E-state index contributed by atoms with van der Waals surface area (Å²) in [6.07, 6.45) is 0.487. The second-order valence-electron chi connectivity index (χ2n) is 9.76. The first kappa shape index (κ1) is 27.3. The van der Waals surface area contributed by atoms with Crippen LogP contribution in [0.15, 0.2) is 48.5 Å². The molecule has 0 bridgehead atoms. The van der Waals surface area contributed by atoms with Gasteiger partial charge in [0.2, 0.25) is 5.91 Å². The molecule has 0 radical (unpaired) electrons. The predicted molar refractivity (Wildman–Crippen MR) is 142 cm³/mol. The van der Waals surface area contributed by atoms with Crippen LogP contribution in [0.25, 0.3) is 0 Å². The summed E-state index contributed by atoms with van der Waals surface area (Å²) in [5.41, 5.74) is 3.24. The molecule has 1 amide bonds. The first-order valence-corrected chi connectivity index (χ1v) is 13.4. The summed E-state index contributed by atoms with van der Waals surface area (Å²) in [6.45, 7) is 10.9. The average molecular weight is 501 g/mol. The molecule has 0 saturated heterocycles. The Morgan fingerprint density at radius 1 is 1.09 bits per heavy atom. The summed E-state index contributed by atoms with van der Waals surface area (Å²) in [6, 6.07) is 16.3. The van der Waals surface area contributed by atoms with Gasteiger partial charge < -0.3 is 10.1 Å². The zero-order valence-electron chi connectivity index (χ0n) is 21.9. The lowest BCUT2D eigenvalue weighted by atomic mass is 9.95. The Balaban J connectivity index is 1.72. The number of rotatable bonds is 11. The lowest BCUT2D eigenvalue weighted by Gasteiger charge is -2.36. The number of benzene rings is 2. The number of amides is 1. The van der Waals surface area contributed by atoms with Crippen LogP contribution in [-0.2, 0) is 35.5 Å². The van der Waals surface area contributed by atoms with E-state index >= 15 is 0 Å². The summed E-state index contributed by atoms with van der Waals surface area (Å²) >= 11 is -1.41. The number of hydrogen-bond acceptors (Lipinski definition) is 4. The molecule has 8 heteroatoms. The Labute approximate surface area is 213 Å². The van der Waals surface area contributed by atoms with Gasteiger partial charge in [-0.25, -0.2) is 8.51 Å². The van der Waals surface area contributed by atoms with Gasteiger partial charge in [-0.1, -0.05) is 36.4 Å². The number of carbonyl (C=O) groups is 1. The van der Waals surface area contributed by atoms with Crippen molar-refractivity contribution < 1.29 is 13.7 Å². The molecule has 0 aromatic heterocycles. The molecular formula is C27H40N4O3S. The summed E-state index contributed by atoms with van der Waals surface area (Å²) in [5, 5.41) is 3.10. The van der Waals surface area contributed by atoms with Crippen LogP contribution in [0.1, 0.15) is 44.4 Å². The molecule has 1 aliphatic heterocycles. The molecule has 3 rings (SSSR count). The Morgan fingerprint density at radius 2 is 1.77 bits per heavy atom. The van der Waals surface area contributed by atoms with E-state index in [1.54, 1.807) is 22.7 Å². The molecule has 2 unspecified atom stereocenters. The number of carbonyl (C=O) groups excluding carboxylic acids is 1. The van der Waals surface area contributed by atoms with Crippen LogP contribution in [0.2, 0.25) is 0 Å². The maximum absolute atomic E-state index is 13.3. The third-order valence-corrected chi connectivity index (χ3v) is 7.73. The maximum atomic E-state index is 13.3. The Kier molecular flexibility index (Phi) is 9.86. The van der Waals surface area contributed by atoms with Gasteiger partial charge in [-0.3, -0.25) is 9.69 Å². The SMILES string of the molecule is CC(C)N(CCNC(=O)C1Cc2cc(OCc3ccccc3)ccc2CN1S(=O)N(C)C)C(C)C. The molecule has 1 heterocycles. The zero-order valence-corrected chi connectivity index (χ0v) is 22.7. The number of fused-ring (bicyclic) bond motifs is 1. The van der Waals surface area contributed by atoms with E-state index in [-0.39, 0.29) is 5.91 Å². The van der Waals surface area contributed by atoms with Crippen molar-refractivity contribution in [2.24, 2.45) is 0 Å². The molecule has 0 saturated carbocycles. The van der Waals surface area contributed by atoms with E-state index in [4.69, 9.17) is 4.74 Å². The van der Waals surface area contributed by atoms with Crippen LogP contribution in [0.4, 0.5) is 0 Å². The number of nitrogens with one attached hydrogen (secondary N) is 1. The number of nitrogens with zero attached hydrogens (tertiary/aromatic N) is 3. The van der Waals surface area contributed by atoms with Crippen molar-refractivity contribution in [1.82, 2.24) is 18.8 Å². The molecule has 7 nitrogen and oxygen atoms in total. The van der Waals surface area contributed by atoms with Gasteiger partial charge >= 0.3 is 0 Å². The highest BCUT2D eigenvalue weighted by Gasteiger charge is 2.36. The zero-order chi connectivity index (χ0) is 25.5. The minimum Gasteiger partial charge on any atom is -0.489 e. The minimum absolute atomic E-state index is 0.0890. The maximum Gasteiger partial charge on any atom is 0.238 e. The van der Waals surface area contributed by atoms with Crippen molar-refractivity contribution in [2.45, 2.75) is 65.4 Å². The van der Waals surface area contributed by atoms with Crippen LogP contribution in [-0.4, -0.2) is 68.9 Å². The molecule has 2 aromatic rings. The first-order chi connectivity index (χ1) is 16.7. The van der Waals surface area contributed by atoms with Gasteiger partial charge in [0.05, 0.1) is 0 Å².